The largest absolute Gasteiger partial charge is 0.465 e. The van der Waals surface area contributed by atoms with Gasteiger partial charge in [-0.05, 0) is 18.2 Å². The Labute approximate surface area is 129 Å². The second kappa shape index (κ2) is 5.48. The summed E-state index contributed by atoms with van der Waals surface area (Å²) in [6, 6.07) is 3.41. The number of hydrogen-bond donors (Lipinski definition) is 0. The van der Waals surface area contributed by atoms with E-state index in [1.54, 1.807) is 6.07 Å². The van der Waals surface area contributed by atoms with Gasteiger partial charge >= 0.3 is 5.97 Å². The van der Waals surface area contributed by atoms with Crippen molar-refractivity contribution in [2.24, 2.45) is 0 Å². The van der Waals surface area contributed by atoms with Crippen LogP contribution in [0.15, 0.2) is 18.2 Å². The Morgan fingerprint density at radius 1 is 1.59 bits per heavy atom. The smallest absolute Gasteiger partial charge is 0.337 e. The molecular weight excluding hydrogens is 318 g/mol. The summed E-state index contributed by atoms with van der Waals surface area (Å²) in [7, 11) is 1.26. The van der Waals surface area contributed by atoms with Crippen molar-refractivity contribution >= 4 is 28.6 Å². The molecule has 5 nitrogen and oxygen atoms in total. The first-order valence-corrected chi connectivity index (χ1v) is 7.12. The highest BCUT2D eigenvalue weighted by Crippen LogP contribution is 2.38. The van der Waals surface area contributed by atoms with Crippen molar-refractivity contribution < 1.29 is 23.0 Å². The number of esters is 1. The van der Waals surface area contributed by atoms with Gasteiger partial charge in [0.2, 0.25) is 0 Å². The molecule has 22 heavy (non-hydrogen) atoms. The standard InChI is InChI=1S/C14H13ClF2N2O3/c1-21-13(20)8-2-3-9-10(4-8)19(12(5-15)18-9)11-6-22-7-14(11,16)17/h2-4,11H,5-7H2,1H3. The van der Waals surface area contributed by atoms with Crippen LogP contribution in [0.3, 0.4) is 0 Å². The molecule has 0 N–H and O–H groups in total. The van der Waals surface area contributed by atoms with Gasteiger partial charge in [-0.2, -0.15) is 0 Å². The van der Waals surface area contributed by atoms with Crippen molar-refractivity contribution in [1.82, 2.24) is 9.55 Å². The molecule has 118 valence electrons. The fourth-order valence-corrected chi connectivity index (χ4v) is 2.81. The number of methoxy groups -OCH3 is 1. The molecule has 8 heteroatoms. The number of benzene rings is 1. The highest BCUT2D eigenvalue weighted by atomic mass is 35.5. The molecule has 0 saturated carbocycles. The van der Waals surface area contributed by atoms with Crippen LogP contribution >= 0.6 is 11.6 Å². The highest BCUT2D eigenvalue weighted by Gasteiger charge is 2.47. The number of imidazole rings is 1. The van der Waals surface area contributed by atoms with Crippen molar-refractivity contribution in [3.05, 3.63) is 29.6 Å². The van der Waals surface area contributed by atoms with E-state index in [0.717, 1.165) is 0 Å². The molecule has 1 aromatic carbocycles. The number of nitrogens with zero attached hydrogens (tertiary/aromatic N) is 2. The van der Waals surface area contributed by atoms with Gasteiger partial charge in [-0.15, -0.1) is 11.6 Å². The first kappa shape index (κ1) is 15.2. The molecule has 0 aliphatic carbocycles. The Hall–Kier alpha value is -1.73. The molecule has 1 aliphatic heterocycles. The first-order chi connectivity index (χ1) is 10.5. The summed E-state index contributed by atoms with van der Waals surface area (Å²) in [4.78, 5) is 15.9. The Morgan fingerprint density at radius 3 is 2.95 bits per heavy atom. The number of ether oxygens (including phenoxy) is 2. The van der Waals surface area contributed by atoms with Gasteiger partial charge in [0.1, 0.15) is 18.5 Å². The molecule has 1 aliphatic rings. The van der Waals surface area contributed by atoms with Gasteiger partial charge in [0.05, 0.1) is 36.2 Å². The molecule has 1 aromatic heterocycles. The van der Waals surface area contributed by atoms with Gasteiger partial charge in [-0.3, -0.25) is 0 Å². The second-order valence-electron chi connectivity index (χ2n) is 5.02. The second-order valence-corrected chi connectivity index (χ2v) is 5.29. The minimum Gasteiger partial charge on any atom is -0.465 e. The molecule has 2 heterocycles. The van der Waals surface area contributed by atoms with Crippen LogP contribution in [-0.4, -0.2) is 41.8 Å². The minimum absolute atomic E-state index is 0.0190. The van der Waals surface area contributed by atoms with Gasteiger partial charge in [0.25, 0.3) is 5.92 Å². The highest BCUT2D eigenvalue weighted by molar-refractivity contribution is 6.16. The summed E-state index contributed by atoms with van der Waals surface area (Å²) < 4.78 is 39.0. The maximum Gasteiger partial charge on any atom is 0.337 e. The van der Waals surface area contributed by atoms with E-state index >= 15 is 0 Å². The Balaban J connectivity index is 2.20. The van der Waals surface area contributed by atoms with Crippen LogP contribution in [0.2, 0.25) is 0 Å². The molecule has 0 bridgehead atoms. The van der Waals surface area contributed by atoms with Crippen molar-refractivity contribution in [2.75, 3.05) is 20.3 Å². The van der Waals surface area contributed by atoms with Crippen LogP contribution in [0.25, 0.3) is 11.0 Å². The number of hydrogen-bond acceptors (Lipinski definition) is 4. The van der Waals surface area contributed by atoms with Gasteiger partial charge in [-0.1, -0.05) is 0 Å². The van der Waals surface area contributed by atoms with Crippen molar-refractivity contribution in [3.63, 3.8) is 0 Å². The lowest BCUT2D eigenvalue weighted by Crippen LogP contribution is -2.30. The average molecular weight is 331 g/mol. The zero-order valence-electron chi connectivity index (χ0n) is 11.7. The van der Waals surface area contributed by atoms with E-state index in [1.165, 1.54) is 23.8 Å². The van der Waals surface area contributed by atoms with Crippen LogP contribution in [0, 0.1) is 0 Å². The minimum atomic E-state index is -3.02. The van der Waals surface area contributed by atoms with Gasteiger partial charge < -0.3 is 14.0 Å². The van der Waals surface area contributed by atoms with Crippen LogP contribution in [0.1, 0.15) is 22.2 Å². The molecular formula is C14H13ClF2N2O3. The molecule has 2 aromatic rings. The first-order valence-electron chi connectivity index (χ1n) is 6.58. The summed E-state index contributed by atoms with van der Waals surface area (Å²) >= 11 is 5.84. The number of fused-ring (bicyclic) bond motifs is 1. The lowest BCUT2D eigenvalue weighted by atomic mass is 10.1. The predicted molar refractivity (Wildman–Crippen MR) is 75.4 cm³/mol. The third-order valence-electron chi connectivity index (χ3n) is 3.67. The fourth-order valence-electron chi connectivity index (χ4n) is 2.62. The molecule has 1 saturated heterocycles. The maximum atomic E-state index is 14.0. The van der Waals surface area contributed by atoms with E-state index in [1.807, 2.05) is 0 Å². The predicted octanol–water partition coefficient (Wildman–Crippen LogP) is 2.77. The molecule has 1 unspecified atom stereocenters. The number of carbonyl (C=O) groups excluding carboxylic acids is 1. The summed E-state index contributed by atoms with van der Waals surface area (Å²) in [5, 5.41) is 0. The SMILES string of the molecule is COC(=O)c1ccc2nc(CCl)n(C3COCC3(F)F)c2c1. The monoisotopic (exact) mass is 330 g/mol. The van der Waals surface area contributed by atoms with Gasteiger partial charge in [0, 0.05) is 0 Å². The van der Waals surface area contributed by atoms with Gasteiger partial charge in [0.15, 0.2) is 0 Å². The van der Waals surface area contributed by atoms with E-state index in [9.17, 15) is 13.6 Å². The summed E-state index contributed by atoms with van der Waals surface area (Å²) in [5.41, 5.74) is 1.17. The number of carbonyl (C=O) groups is 1. The summed E-state index contributed by atoms with van der Waals surface area (Å²) in [6.45, 7) is -0.777. The van der Waals surface area contributed by atoms with Crippen LogP contribution in [0.5, 0.6) is 0 Å². The van der Waals surface area contributed by atoms with E-state index in [-0.39, 0.29) is 18.1 Å². The molecule has 0 amide bonds. The zero-order chi connectivity index (χ0) is 15.9. The molecule has 1 atom stereocenters. The summed E-state index contributed by atoms with van der Waals surface area (Å²) in [6.07, 6.45) is 0. The third kappa shape index (κ3) is 2.34. The third-order valence-corrected chi connectivity index (χ3v) is 3.91. The van der Waals surface area contributed by atoms with E-state index in [0.29, 0.717) is 16.9 Å². The normalized spacial score (nSPS) is 20.5. The van der Waals surface area contributed by atoms with Crippen molar-refractivity contribution in [1.29, 1.82) is 0 Å². The molecule has 0 spiro atoms. The number of rotatable bonds is 3. The van der Waals surface area contributed by atoms with E-state index < -0.39 is 24.5 Å². The quantitative estimate of drug-likeness (QED) is 0.641. The average Bonchev–Trinajstić information content (AvgIpc) is 3.04. The lowest BCUT2D eigenvalue weighted by Gasteiger charge is -2.21. The van der Waals surface area contributed by atoms with E-state index in [4.69, 9.17) is 16.3 Å². The fraction of sp³-hybridized carbons (Fsp3) is 0.429. The van der Waals surface area contributed by atoms with E-state index in [2.05, 4.69) is 9.72 Å². The summed E-state index contributed by atoms with van der Waals surface area (Å²) in [5.74, 6) is -3.27. The number of alkyl halides is 3. The van der Waals surface area contributed by atoms with Crippen LogP contribution in [-0.2, 0) is 15.4 Å². The maximum absolute atomic E-state index is 14.0. The Kier molecular flexibility index (Phi) is 3.78. The molecule has 3 rings (SSSR count). The molecule has 1 fully saturated rings. The van der Waals surface area contributed by atoms with Crippen molar-refractivity contribution in [2.45, 2.75) is 17.8 Å². The zero-order valence-corrected chi connectivity index (χ0v) is 12.4. The number of halogens is 3. The van der Waals surface area contributed by atoms with Gasteiger partial charge in [-0.25, -0.2) is 18.6 Å². The molecule has 0 radical (unpaired) electrons. The van der Waals surface area contributed by atoms with Crippen LogP contribution in [0.4, 0.5) is 8.78 Å². The topological polar surface area (TPSA) is 53.3 Å². The Bertz CT molecular complexity index is 732. The Morgan fingerprint density at radius 2 is 2.36 bits per heavy atom. The van der Waals surface area contributed by atoms with Crippen LogP contribution < -0.4 is 0 Å². The lowest BCUT2D eigenvalue weighted by molar-refractivity contribution is -0.0319. The van der Waals surface area contributed by atoms with Crippen molar-refractivity contribution in [3.8, 4) is 0 Å². The number of aromatic nitrogens is 2.